The van der Waals surface area contributed by atoms with Crippen LogP contribution in [0.15, 0.2) is 17.0 Å². The van der Waals surface area contributed by atoms with Gasteiger partial charge >= 0.3 is 0 Å². The Hall–Kier alpha value is -0.610. The second-order valence-electron chi connectivity index (χ2n) is 3.13. The molecule has 0 radical (unpaired) electrons. The molecular weight excluding hydrogens is 206 g/mol. The zero-order valence-electron chi connectivity index (χ0n) is 8.05. The molecule has 0 saturated heterocycles. The van der Waals surface area contributed by atoms with Gasteiger partial charge in [-0.05, 0) is 30.9 Å². The van der Waals surface area contributed by atoms with Crippen molar-refractivity contribution in [3.63, 3.8) is 0 Å². The second-order valence-corrected chi connectivity index (χ2v) is 3.98. The van der Waals surface area contributed by atoms with E-state index in [2.05, 4.69) is 0 Å². The van der Waals surface area contributed by atoms with Crippen molar-refractivity contribution >= 4 is 11.8 Å². The van der Waals surface area contributed by atoms with Crippen molar-refractivity contribution < 1.29 is 13.9 Å². The highest BCUT2D eigenvalue weighted by molar-refractivity contribution is 7.98. The molecule has 1 unspecified atom stereocenters. The first-order valence-electron chi connectivity index (χ1n) is 4.24. The number of aliphatic hydroxyl groups excluding tert-OH is 1. The van der Waals surface area contributed by atoms with Crippen molar-refractivity contribution in [2.45, 2.75) is 24.3 Å². The number of benzene rings is 1. The van der Waals surface area contributed by atoms with Gasteiger partial charge < -0.3 is 5.11 Å². The molecule has 0 aliphatic heterocycles. The molecule has 0 aliphatic rings. The van der Waals surface area contributed by atoms with Crippen LogP contribution in [-0.4, -0.2) is 17.5 Å². The molecule has 0 fully saturated rings. The Labute approximate surface area is 86.1 Å². The molecule has 1 nitrogen and oxygen atoms in total. The average Bonchev–Trinajstić information content (AvgIpc) is 2.09. The summed E-state index contributed by atoms with van der Waals surface area (Å²) < 4.78 is 26.5. The van der Waals surface area contributed by atoms with Crippen molar-refractivity contribution in [3.05, 3.63) is 29.3 Å². The van der Waals surface area contributed by atoms with Gasteiger partial charge in [-0.3, -0.25) is 0 Å². The highest BCUT2D eigenvalue weighted by atomic mass is 32.2. The highest BCUT2D eigenvalue weighted by Crippen LogP contribution is 2.24. The van der Waals surface area contributed by atoms with Gasteiger partial charge in [0.05, 0.1) is 6.10 Å². The first-order valence-corrected chi connectivity index (χ1v) is 5.47. The molecular formula is C10H12F2OS. The van der Waals surface area contributed by atoms with Crippen LogP contribution in [0, 0.1) is 11.6 Å². The van der Waals surface area contributed by atoms with Crippen molar-refractivity contribution in [3.8, 4) is 0 Å². The molecule has 1 rings (SSSR count). The fourth-order valence-corrected chi connectivity index (χ4v) is 1.77. The minimum Gasteiger partial charge on any atom is -0.393 e. The maximum atomic E-state index is 13.5. The van der Waals surface area contributed by atoms with Crippen LogP contribution in [-0.2, 0) is 6.42 Å². The predicted octanol–water partition coefficient (Wildman–Crippen LogP) is 2.61. The Kier molecular flexibility index (Phi) is 3.89. The molecule has 1 aromatic rings. The van der Waals surface area contributed by atoms with E-state index in [9.17, 15) is 8.78 Å². The summed E-state index contributed by atoms with van der Waals surface area (Å²) in [7, 11) is 0. The molecule has 0 aromatic heterocycles. The van der Waals surface area contributed by atoms with Gasteiger partial charge in [0.25, 0.3) is 0 Å². The second kappa shape index (κ2) is 4.75. The molecule has 0 bridgehead atoms. The normalized spacial score (nSPS) is 12.9. The summed E-state index contributed by atoms with van der Waals surface area (Å²) >= 11 is 1.15. The van der Waals surface area contributed by atoms with Crippen molar-refractivity contribution in [2.75, 3.05) is 6.26 Å². The quantitative estimate of drug-likeness (QED) is 0.787. The lowest BCUT2D eigenvalue weighted by molar-refractivity contribution is 0.193. The van der Waals surface area contributed by atoms with Gasteiger partial charge in [-0.2, -0.15) is 0 Å². The van der Waals surface area contributed by atoms with Crippen LogP contribution in [0.4, 0.5) is 8.78 Å². The van der Waals surface area contributed by atoms with Gasteiger partial charge in [0.15, 0.2) is 0 Å². The Morgan fingerprint density at radius 2 is 2.07 bits per heavy atom. The first kappa shape index (κ1) is 11.5. The number of aliphatic hydroxyl groups is 1. The zero-order chi connectivity index (χ0) is 10.7. The van der Waals surface area contributed by atoms with E-state index in [1.807, 2.05) is 0 Å². The summed E-state index contributed by atoms with van der Waals surface area (Å²) in [5.41, 5.74) is 0.226. The molecule has 1 aromatic carbocycles. The van der Waals surface area contributed by atoms with Gasteiger partial charge in [-0.1, -0.05) is 0 Å². The summed E-state index contributed by atoms with van der Waals surface area (Å²) in [5.74, 6) is -0.897. The van der Waals surface area contributed by atoms with E-state index in [0.717, 1.165) is 23.9 Å². The molecule has 0 heterocycles. The molecule has 4 heteroatoms. The number of hydrogen-bond donors (Lipinski definition) is 1. The van der Waals surface area contributed by atoms with Crippen LogP contribution < -0.4 is 0 Å². The SMILES string of the molecule is CSc1cc(F)cc(CC(C)O)c1F. The van der Waals surface area contributed by atoms with Crippen molar-refractivity contribution in [2.24, 2.45) is 0 Å². The van der Waals surface area contributed by atoms with Crippen LogP contribution in [0.2, 0.25) is 0 Å². The maximum Gasteiger partial charge on any atom is 0.140 e. The van der Waals surface area contributed by atoms with Crippen LogP contribution >= 0.6 is 11.8 Å². The molecule has 0 aliphatic carbocycles. The van der Waals surface area contributed by atoms with E-state index < -0.39 is 17.7 Å². The Balaban J connectivity index is 3.08. The van der Waals surface area contributed by atoms with Crippen LogP contribution in [0.5, 0.6) is 0 Å². The van der Waals surface area contributed by atoms with Gasteiger partial charge in [0.2, 0.25) is 0 Å². The summed E-state index contributed by atoms with van der Waals surface area (Å²) in [6.45, 7) is 1.54. The number of hydrogen-bond acceptors (Lipinski definition) is 2. The Morgan fingerprint density at radius 1 is 1.43 bits per heavy atom. The van der Waals surface area contributed by atoms with E-state index in [0.29, 0.717) is 0 Å². The Morgan fingerprint density at radius 3 is 2.57 bits per heavy atom. The monoisotopic (exact) mass is 218 g/mol. The largest absolute Gasteiger partial charge is 0.393 e. The van der Waals surface area contributed by atoms with Crippen molar-refractivity contribution in [1.29, 1.82) is 0 Å². The van der Waals surface area contributed by atoms with Gasteiger partial charge in [-0.25, -0.2) is 8.78 Å². The lowest BCUT2D eigenvalue weighted by atomic mass is 10.1. The van der Waals surface area contributed by atoms with Gasteiger partial charge in [0, 0.05) is 11.3 Å². The molecule has 14 heavy (non-hydrogen) atoms. The van der Waals surface area contributed by atoms with Gasteiger partial charge in [0.1, 0.15) is 11.6 Å². The number of rotatable bonds is 3. The lowest BCUT2D eigenvalue weighted by Gasteiger charge is -2.08. The first-order chi connectivity index (χ1) is 6.54. The van der Waals surface area contributed by atoms with Crippen LogP contribution in [0.25, 0.3) is 0 Å². The smallest absolute Gasteiger partial charge is 0.140 e. The third kappa shape index (κ3) is 2.69. The van der Waals surface area contributed by atoms with Crippen molar-refractivity contribution in [1.82, 2.24) is 0 Å². The average molecular weight is 218 g/mol. The highest BCUT2D eigenvalue weighted by Gasteiger charge is 2.11. The fourth-order valence-electron chi connectivity index (χ4n) is 1.23. The molecule has 0 spiro atoms. The predicted molar refractivity (Wildman–Crippen MR) is 53.5 cm³/mol. The Bertz CT molecular complexity index is 326. The fraction of sp³-hybridized carbons (Fsp3) is 0.400. The molecule has 1 N–H and O–H groups in total. The van der Waals surface area contributed by atoms with E-state index in [1.165, 1.54) is 0 Å². The molecule has 1 atom stereocenters. The third-order valence-electron chi connectivity index (χ3n) is 1.81. The lowest BCUT2D eigenvalue weighted by Crippen LogP contribution is -2.07. The van der Waals surface area contributed by atoms with E-state index in [4.69, 9.17) is 5.11 Å². The van der Waals surface area contributed by atoms with E-state index in [-0.39, 0.29) is 16.9 Å². The van der Waals surface area contributed by atoms with Crippen LogP contribution in [0.1, 0.15) is 12.5 Å². The maximum absolute atomic E-state index is 13.5. The summed E-state index contributed by atoms with van der Waals surface area (Å²) in [5, 5.41) is 9.09. The molecule has 78 valence electrons. The third-order valence-corrected chi connectivity index (χ3v) is 2.55. The minimum absolute atomic E-state index is 0.136. The van der Waals surface area contributed by atoms with E-state index in [1.54, 1.807) is 13.2 Å². The van der Waals surface area contributed by atoms with E-state index >= 15 is 0 Å². The topological polar surface area (TPSA) is 20.2 Å². The van der Waals surface area contributed by atoms with Gasteiger partial charge in [-0.15, -0.1) is 11.8 Å². The van der Waals surface area contributed by atoms with Crippen LogP contribution in [0.3, 0.4) is 0 Å². The summed E-state index contributed by atoms with van der Waals surface area (Å²) in [4.78, 5) is 0.278. The number of thioether (sulfide) groups is 1. The number of halogens is 2. The molecule has 0 saturated carbocycles. The summed E-state index contributed by atoms with van der Waals surface area (Å²) in [6.07, 6.45) is 1.15. The minimum atomic E-state index is -0.666. The molecule has 0 amide bonds. The zero-order valence-corrected chi connectivity index (χ0v) is 8.87. The standard InChI is InChI=1S/C10H12F2OS/c1-6(13)3-7-4-8(11)5-9(14-2)10(7)12/h4-6,13H,3H2,1-2H3. The summed E-state index contributed by atoms with van der Waals surface area (Å²) in [6, 6.07) is 2.29.